The van der Waals surface area contributed by atoms with E-state index in [-0.39, 0.29) is 0 Å². The number of ether oxygens (including phenoxy) is 1. The van der Waals surface area contributed by atoms with Crippen LogP contribution in [0.1, 0.15) is 17.5 Å². The summed E-state index contributed by atoms with van der Waals surface area (Å²) in [4.78, 5) is 3.98. The van der Waals surface area contributed by atoms with E-state index < -0.39 is 0 Å². The summed E-state index contributed by atoms with van der Waals surface area (Å²) < 4.78 is 5.88. The lowest BCUT2D eigenvalue weighted by molar-refractivity contribution is 0.476. The summed E-state index contributed by atoms with van der Waals surface area (Å²) in [6.45, 7) is 0. The van der Waals surface area contributed by atoms with Crippen LogP contribution in [0, 0.1) is 0 Å². The van der Waals surface area contributed by atoms with E-state index in [0.717, 1.165) is 17.9 Å². The van der Waals surface area contributed by atoms with Gasteiger partial charge in [-0.3, -0.25) is 4.98 Å². The van der Waals surface area contributed by atoms with Gasteiger partial charge in [0.05, 0.1) is 0 Å². The summed E-state index contributed by atoms with van der Waals surface area (Å²) >= 11 is 0. The zero-order valence-electron chi connectivity index (χ0n) is 9.02. The molecule has 0 saturated carbocycles. The Morgan fingerprint density at radius 1 is 1.00 bits per heavy atom. The maximum atomic E-state index is 5.88. The minimum Gasteiger partial charge on any atom is -0.457 e. The number of hydrogen-bond acceptors (Lipinski definition) is 2. The van der Waals surface area contributed by atoms with Gasteiger partial charge in [0.25, 0.3) is 0 Å². The third kappa shape index (κ3) is 1.67. The van der Waals surface area contributed by atoms with Gasteiger partial charge in [-0.05, 0) is 48.6 Å². The number of hydrogen-bond donors (Lipinski definition) is 0. The predicted octanol–water partition coefficient (Wildman–Crippen LogP) is 3.36. The van der Waals surface area contributed by atoms with E-state index in [1.807, 2.05) is 18.2 Å². The number of fused-ring (bicyclic) bond motifs is 1. The summed E-state index contributed by atoms with van der Waals surface area (Å²) in [6.07, 6.45) is 7.06. The number of aryl methyl sites for hydroxylation is 1. The van der Waals surface area contributed by atoms with Crippen molar-refractivity contribution >= 4 is 0 Å². The molecule has 0 radical (unpaired) electrons. The fraction of sp³-hybridized carbons (Fsp3) is 0.214. The largest absolute Gasteiger partial charge is 0.457 e. The van der Waals surface area contributed by atoms with E-state index in [2.05, 4.69) is 17.1 Å². The maximum absolute atomic E-state index is 5.88. The molecule has 0 bridgehead atoms. The van der Waals surface area contributed by atoms with Crippen molar-refractivity contribution in [1.82, 2.24) is 4.98 Å². The molecule has 0 N–H and O–H groups in total. The van der Waals surface area contributed by atoms with Gasteiger partial charge >= 0.3 is 0 Å². The molecule has 0 saturated heterocycles. The topological polar surface area (TPSA) is 22.1 Å². The van der Waals surface area contributed by atoms with Crippen LogP contribution in [0.15, 0.2) is 42.7 Å². The first kappa shape index (κ1) is 9.40. The van der Waals surface area contributed by atoms with Gasteiger partial charge in [-0.25, -0.2) is 0 Å². The van der Waals surface area contributed by atoms with E-state index in [4.69, 9.17) is 4.74 Å². The van der Waals surface area contributed by atoms with Crippen LogP contribution in [0.5, 0.6) is 11.5 Å². The smallest absolute Gasteiger partial charge is 0.130 e. The van der Waals surface area contributed by atoms with Crippen LogP contribution in [-0.2, 0) is 12.8 Å². The van der Waals surface area contributed by atoms with Crippen LogP contribution < -0.4 is 4.74 Å². The number of rotatable bonds is 2. The van der Waals surface area contributed by atoms with E-state index >= 15 is 0 Å². The summed E-state index contributed by atoms with van der Waals surface area (Å²) in [5, 5.41) is 0. The van der Waals surface area contributed by atoms with Crippen molar-refractivity contribution < 1.29 is 4.74 Å². The van der Waals surface area contributed by atoms with Gasteiger partial charge < -0.3 is 4.74 Å². The molecule has 0 atom stereocenters. The van der Waals surface area contributed by atoms with Crippen molar-refractivity contribution in [2.24, 2.45) is 0 Å². The highest BCUT2D eigenvalue weighted by Crippen LogP contribution is 2.33. The highest BCUT2D eigenvalue weighted by molar-refractivity contribution is 5.44. The molecule has 0 fully saturated rings. The fourth-order valence-electron chi connectivity index (χ4n) is 2.21. The van der Waals surface area contributed by atoms with Crippen molar-refractivity contribution in [1.29, 1.82) is 0 Å². The Balaban J connectivity index is 1.94. The molecule has 16 heavy (non-hydrogen) atoms. The second kappa shape index (κ2) is 3.97. The molecule has 0 amide bonds. The second-order valence-electron chi connectivity index (χ2n) is 4.03. The number of aromatic nitrogens is 1. The van der Waals surface area contributed by atoms with Crippen LogP contribution in [0.3, 0.4) is 0 Å². The van der Waals surface area contributed by atoms with Crippen molar-refractivity contribution in [3.63, 3.8) is 0 Å². The first-order valence-electron chi connectivity index (χ1n) is 5.62. The Morgan fingerprint density at radius 2 is 1.88 bits per heavy atom. The lowest BCUT2D eigenvalue weighted by Crippen LogP contribution is -1.90. The van der Waals surface area contributed by atoms with Crippen LogP contribution in [-0.4, -0.2) is 4.98 Å². The monoisotopic (exact) mass is 211 g/mol. The standard InChI is InChI=1S/C14H13NO/c1-3-11-4-2-6-14(13(11)5-1)16-12-7-9-15-10-8-12/h2,4,6-10H,1,3,5H2. The number of benzene rings is 1. The third-order valence-electron chi connectivity index (χ3n) is 2.98. The molecule has 2 nitrogen and oxygen atoms in total. The van der Waals surface area contributed by atoms with Gasteiger partial charge in [-0.15, -0.1) is 0 Å². The van der Waals surface area contributed by atoms with Gasteiger partial charge in [0.15, 0.2) is 0 Å². The number of pyridine rings is 1. The molecule has 80 valence electrons. The molecule has 2 heteroatoms. The predicted molar refractivity (Wildman–Crippen MR) is 62.8 cm³/mol. The quantitative estimate of drug-likeness (QED) is 0.759. The first-order valence-corrected chi connectivity index (χ1v) is 5.62. The highest BCUT2D eigenvalue weighted by Gasteiger charge is 2.15. The minimum atomic E-state index is 0.857. The van der Waals surface area contributed by atoms with Gasteiger partial charge in [0, 0.05) is 12.4 Å². The molecular weight excluding hydrogens is 198 g/mol. The zero-order chi connectivity index (χ0) is 10.8. The Morgan fingerprint density at radius 3 is 2.75 bits per heavy atom. The van der Waals surface area contributed by atoms with Gasteiger partial charge in [0.1, 0.15) is 11.5 Å². The SMILES string of the molecule is c1cc2c(c(Oc3ccncc3)c1)CCC2. The molecule has 0 aliphatic heterocycles. The molecule has 3 rings (SSSR count). The van der Waals surface area contributed by atoms with Crippen LogP contribution in [0.4, 0.5) is 0 Å². The average molecular weight is 211 g/mol. The van der Waals surface area contributed by atoms with E-state index in [0.29, 0.717) is 0 Å². The van der Waals surface area contributed by atoms with Crippen molar-refractivity contribution in [3.8, 4) is 11.5 Å². The first-order chi connectivity index (χ1) is 7.93. The summed E-state index contributed by atoms with van der Waals surface area (Å²) in [5.74, 6) is 1.86. The molecule has 1 aromatic heterocycles. The van der Waals surface area contributed by atoms with E-state index in [9.17, 15) is 0 Å². The Labute approximate surface area is 94.9 Å². The lowest BCUT2D eigenvalue weighted by atomic mass is 10.1. The van der Waals surface area contributed by atoms with Crippen LogP contribution >= 0.6 is 0 Å². The highest BCUT2D eigenvalue weighted by atomic mass is 16.5. The van der Waals surface area contributed by atoms with Gasteiger partial charge in [0.2, 0.25) is 0 Å². The molecule has 0 unspecified atom stereocenters. The van der Waals surface area contributed by atoms with E-state index in [1.165, 1.54) is 24.0 Å². The summed E-state index contributed by atoms with van der Waals surface area (Å²) in [6, 6.07) is 10.1. The minimum absolute atomic E-state index is 0.857. The molecule has 1 aliphatic carbocycles. The Bertz CT molecular complexity index is 493. The van der Waals surface area contributed by atoms with Gasteiger partial charge in [-0.1, -0.05) is 12.1 Å². The van der Waals surface area contributed by atoms with Gasteiger partial charge in [-0.2, -0.15) is 0 Å². The Kier molecular flexibility index (Phi) is 2.33. The zero-order valence-corrected chi connectivity index (χ0v) is 9.02. The van der Waals surface area contributed by atoms with Crippen LogP contribution in [0.25, 0.3) is 0 Å². The second-order valence-corrected chi connectivity index (χ2v) is 4.03. The van der Waals surface area contributed by atoms with Crippen molar-refractivity contribution in [2.45, 2.75) is 19.3 Å². The maximum Gasteiger partial charge on any atom is 0.130 e. The Hall–Kier alpha value is -1.83. The fourth-order valence-corrected chi connectivity index (χ4v) is 2.21. The normalized spacial score (nSPS) is 13.5. The molecule has 2 aromatic rings. The lowest BCUT2D eigenvalue weighted by Gasteiger charge is -2.09. The van der Waals surface area contributed by atoms with Crippen molar-refractivity contribution in [2.75, 3.05) is 0 Å². The molecular formula is C14H13NO. The van der Waals surface area contributed by atoms with Crippen molar-refractivity contribution in [3.05, 3.63) is 53.9 Å². The average Bonchev–Trinajstić information content (AvgIpc) is 2.80. The molecule has 1 aromatic carbocycles. The third-order valence-corrected chi connectivity index (χ3v) is 2.98. The number of nitrogens with zero attached hydrogens (tertiary/aromatic N) is 1. The molecule has 0 spiro atoms. The van der Waals surface area contributed by atoms with E-state index in [1.54, 1.807) is 12.4 Å². The van der Waals surface area contributed by atoms with Crippen LogP contribution in [0.2, 0.25) is 0 Å². The summed E-state index contributed by atoms with van der Waals surface area (Å²) in [7, 11) is 0. The summed E-state index contributed by atoms with van der Waals surface area (Å²) in [5.41, 5.74) is 2.81. The molecule has 1 aliphatic rings. The molecule has 1 heterocycles.